The van der Waals surface area contributed by atoms with Gasteiger partial charge in [-0.05, 0) is 6.07 Å². The van der Waals surface area contributed by atoms with Crippen molar-refractivity contribution in [3.63, 3.8) is 0 Å². The Morgan fingerprint density at radius 1 is 1.45 bits per heavy atom. The number of Topliss-reactive ketones (excluding diaryl/α,β-unsaturated/α-hetero) is 1. The van der Waals surface area contributed by atoms with Crippen LogP contribution in [-0.2, 0) is 11.2 Å². The smallest absolute Gasteiger partial charge is 0.238 e. The topological polar surface area (TPSA) is 65.2 Å². The normalized spacial score (nSPS) is 18.4. The summed E-state index contributed by atoms with van der Waals surface area (Å²) in [5.41, 5.74) is 0.995. The highest BCUT2D eigenvalue weighted by molar-refractivity contribution is 8.00. The quantitative estimate of drug-likeness (QED) is 0.859. The number of ether oxygens (including phenoxy) is 1. The second kappa shape index (κ2) is 5.66. The minimum Gasteiger partial charge on any atom is -0.496 e. The zero-order chi connectivity index (χ0) is 13.9. The van der Waals surface area contributed by atoms with Crippen molar-refractivity contribution in [3.8, 4) is 5.75 Å². The van der Waals surface area contributed by atoms with Crippen LogP contribution in [0.1, 0.15) is 23.2 Å². The van der Waals surface area contributed by atoms with Gasteiger partial charge in [0, 0.05) is 17.7 Å². The van der Waals surface area contributed by atoms with Gasteiger partial charge in [-0.2, -0.15) is 16.7 Å². The molecule has 0 amide bonds. The van der Waals surface area contributed by atoms with Crippen LogP contribution < -0.4 is 4.74 Å². The van der Waals surface area contributed by atoms with Crippen molar-refractivity contribution >= 4 is 17.5 Å². The molecule has 1 saturated heterocycles. The third-order valence-corrected chi connectivity index (χ3v) is 4.30. The second-order valence-corrected chi connectivity index (χ2v) is 5.60. The molecule has 6 heteroatoms. The van der Waals surface area contributed by atoms with Gasteiger partial charge in [0.15, 0.2) is 11.6 Å². The molecular weight excluding hydrogens is 276 g/mol. The first-order valence-electron chi connectivity index (χ1n) is 6.32. The van der Waals surface area contributed by atoms with Gasteiger partial charge in [0.1, 0.15) is 11.7 Å². The Bertz CT molecular complexity index is 626. The first-order valence-corrected chi connectivity index (χ1v) is 7.48. The molecule has 1 atom stereocenters. The Morgan fingerprint density at radius 3 is 3.05 bits per heavy atom. The first-order chi connectivity index (χ1) is 9.78. The fraction of sp³-hybridized carbons (Fsp3) is 0.357. The molecule has 1 aromatic heterocycles. The molecule has 1 aliphatic heterocycles. The van der Waals surface area contributed by atoms with Crippen LogP contribution in [0.15, 0.2) is 28.8 Å². The van der Waals surface area contributed by atoms with Crippen molar-refractivity contribution in [2.45, 2.75) is 12.3 Å². The third-order valence-electron chi connectivity index (χ3n) is 3.24. The molecule has 0 bridgehead atoms. The van der Waals surface area contributed by atoms with Crippen LogP contribution in [0.25, 0.3) is 0 Å². The Morgan fingerprint density at radius 2 is 2.30 bits per heavy atom. The van der Waals surface area contributed by atoms with Crippen molar-refractivity contribution in [2.75, 3.05) is 18.6 Å². The van der Waals surface area contributed by atoms with E-state index in [-0.39, 0.29) is 11.7 Å². The first kappa shape index (κ1) is 13.2. The zero-order valence-electron chi connectivity index (χ0n) is 11.0. The van der Waals surface area contributed by atoms with Crippen molar-refractivity contribution in [2.24, 2.45) is 0 Å². The maximum Gasteiger partial charge on any atom is 0.238 e. The summed E-state index contributed by atoms with van der Waals surface area (Å²) in [5.74, 6) is 3.01. The van der Waals surface area contributed by atoms with E-state index in [4.69, 9.17) is 9.26 Å². The van der Waals surface area contributed by atoms with Gasteiger partial charge < -0.3 is 9.26 Å². The third kappa shape index (κ3) is 2.56. The summed E-state index contributed by atoms with van der Waals surface area (Å²) in [4.78, 5) is 16.0. The minimum absolute atomic E-state index is 0.169. The highest BCUT2D eigenvalue weighted by Gasteiger charge is 2.31. The summed E-state index contributed by atoms with van der Waals surface area (Å²) in [6.45, 7) is 0. The van der Waals surface area contributed by atoms with Crippen molar-refractivity contribution in [1.82, 2.24) is 10.1 Å². The van der Waals surface area contributed by atoms with Gasteiger partial charge >= 0.3 is 0 Å². The number of hydrogen-bond acceptors (Lipinski definition) is 6. The molecule has 0 radical (unpaired) electrons. The number of hydrogen-bond donors (Lipinski definition) is 0. The van der Waals surface area contributed by atoms with Crippen LogP contribution in [0.5, 0.6) is 5.75 Å². The van der Waals surface area contributed by atoms with Crippen molar-refractivity contribution in [3.05, 3.63) is 41.5 Å². The SMILES string of the molecule is COc1ccccc1Cc1noc(C2CSCC2=O)n1. The van der Waals surface area contributed by atoms with E-state index >= 15 is 0 Å². The van der Waals surface area contributed by atoms with E-state index in [1.54, 1.807) is 18.9 Å². The van der Waals surface area contributed by atoms with E-state index < -0.39 is 0 Å². The average molecular weight is 290 g/mol. The molecule has 1 unspecified atom stereocenters. The number of nitrogens with zero attached hydrogens (tertiary/aromatic N) is 2. The molecule has 2 aromatic rings. The molecule has 1 aliphatic rings. The van der Waals surface area contributed by atoms with E-state index in [1.807, 2.05) is 24.3 Å². The lowest BCUT2D eigenvalue weighted by Crippen LogP contribution is -2.09. The molecule has 5 nitrogen and oxygen atoms in total. The molecule has 104 valence electrons. The maximum atomic E-state index is 11.7. The largest absolute Gasteiger partial charge is 0.496 e. The lowest BCUT2D eigenvalue weighted by molar-refractivity contribution is -0.117. The van der Waals surface area contributed by atoms with E-state index in [2.05, 4.69) is 10.1 Å². The fourth-order valence-corrected chi connectivity index (χ4v) is 3.26. The predicted molar refractivity (Wildman–Crippen MR) is 75.2 cm³/mol. The van der Waals surface area contributed by atoms with Gasteiger partial charge in [0.2, 0.25) is 5.89 Å². The lowest BCUT2D eigenvalue weighted by Gasteiger charge is -2.05. The lowest BCUT2D eigenvalue weighted by atomic mass is 10.1. The van der Waals surface area contributed by atoms with E-state index in [9.17, 15) is 4.79 Å². The Labute approximate surface area is 120 Å². The van der Waals surface area contributed by atoms with Crippen LogP contribution in [0, 0.1) is 0 Å². The average Bonchev–Trinajstić information content (AvgIpc) is 3.08. The van der Waals surface area contributed by atoms with Crippen LogP contribution in [0.3, 0.4) is 0 Å². The van der Waals surface area contributed by atoms with Gasteiger partial charge in [-0.25, -0.2) is 0 Å². The summed E-state index contributed by atoms with van der Waals surface area (Å²) in [5, 5.41) is 3.96. The van der Waals surface area contributed by atoms with Crippen molar-refractivity contribution in [1.29, 1.82) is 0 Å². The number of carbonyl (C=O) groups is 1. The number of thioether (sulfide) groups is 1. The number of carbonyl (C=O) groups excluding carboxylic acids is 1. The Hall–Kier alpha value is -1.82. The molecule has 0 saturated carbocycles. The number of methoxy groups -OCH3 is 1. The molecule has 3 rings (SSSR count). The highest BCUT2D eigenvalue weighted by atomic mass is 32.2. The molecule has 0 spiro atoms. The van der Waals surface area contributed by atoms with E-state index in [1.165, 1.54) is 0 Å². The maximum absolute atomic E-state index is 11.7. The summed E-state index contributed by atoms with van der Waals surface area (Å²) in [7, 11) is 1.63. The highest BCUT2D eigenvalue weighted by Crippen LogP contribution is 2.29. The molecule has 0 aliphatic carbocycles. The molecule has 2 heterocycles. The molecule has 0 N–H and O–H groups in total. The monoisotopic (exact) mass is 290 g/mol. The van der Waals surface area contributed by atoms with Gasteiger partial charge in [0.25, 0.3) is 0 Å². The second-order valence-electron chi connectivity index (χ2n) is 4.57. The zero-order valence-corrected chi connectivity index (χ0v) is 11.9. The summed E-state index contributed by atoms with van der Waals surface area (Å²) in [6.07, 6.45) is 0.529. The van der Waals surface area contributed by atoms with Crippen LogP contribution in [0.2, 0.25) is 0 Å². The summed E-state index contributed by atoms with van der Waals surface area (Å²) >= 11 is 1.61. The number of ketones is 1. The molecule has 1 fully saturated rings. The van der Waals surface area contributed by atoms with E-state index in [0.29, 0.717) is 23.9 Å². The Balaban J connectivity index is 1.79. The molecular formula is C14H14N2O3S. The van der Waals surface area contributed by atoms with Crippen LogP contribution in [0.4, 0.5) is 0 Å². The van der Waals surface area contributed by atoms with Gasteiger partial charge in [-0.1, -0.05) is 23.4 Å². The number of aromatic nitrogens is 2. The van der Waals surface area contributed by atoms with Gasteiger partial charge in [0.05, 0.1) is 12.9 Å². The Kier molecular flexibility index (Phi) is 3.73. The van der Waals surface area contributed by atoms with Crippen LogP contribution in [-0.4, -0.2) is 34.5 Å². The van der Waals surface area contributed by atoms with E-state index in [0.717, 1.165) is 17.1 Å². The standard InChI is InChI=1S/C14H14N2O3S/c1-18-12-5-3-2-4-9(12)6-13-15-14(19-16-13)10-7-20-8-11(10)17/h2-5,10H,6-8H2,1H3. The summed E-state index contributed by atoms with van der Waals surface area (Å²) in [6, 6.07) is 7.72. The number of rotatable bonds is 4. The minimum atomic E-state index is -0.237. The van der Waals surface area contributed by atoms with Crippen molar-refractivity contribution < 1.29 is 14.1 Å². The fourth-order valence-electron chi connectivity index (χ4n) is 2.18. The summed E-state index contributed by atoms with van der Waals surface area (Å²) < 4.78 is 10.5. The van der Waals surface area contributed by atoms with Gasteiger partial charge in [-0.15, -0.1) is 0 Å². The number of benzene rings is 1. The number of para-hydroxylation sites is 1. The van der Waals surface area contributed by atoms with Crippen LogP contribution >= 0.6 is 11.8 Å². The predicted octanol–water partition coefficient (Wildman–Crippen LogP) is 2.07. The van der Waals surface area contributed by atoms with Gasteiger partial charge in [-0.3, -0.25) is 4.79 Å². The molecule has 20 heavy (non-hydrogen) atoms. The molecule has 1 aromatic carbocycles.